The van der Waals surface area contributed by atoms with Gasteiger partial charge >= 0.3 is 0 Å². The fourth-order valence-corrected chi connectivity index (χ4v) is 2.22. The largest absolute Gasteiger partial charge is 0.330 e. The van der Waals surface area contributed by atoms with Crippen LogP contribution in [-0.4, -0.2) is 6.54 Å². The van der Waals surface area contributed by atoms with E-state index in [0.717, 1.165) is 29.3 Å². The highest BCUT2D eigenvalue weighted by Gasteiger charge is 2.09. The van der Waals surface area contributed by atoms with Crippen LogP contribution in [0.4, 0.5) is 4.39 Å². The Kier molecular flexibility index (Phi) is 5.26. The van der Waals surface area contributed by atoms with Crippen LogP contribution in [0.15, 0.2) is 22.7 Å². The predicted molar refractivity (Wildman–Crippen MR) is 65.3 cm³/mol. The number of hydrogen-bond donors (Lipinski definition) is 1. The van der Waals surface area contributed by atoms with E-state index in [1.54, 1.807) is 0 Å². The van der Waals surface area contributed by atoms with Gasteiger partial charge in [-0.3, -0.25) is 0 Å². The van der Waals surface area contributed by atoms with Gasteiger partial charge < -0.3 is 5.73 Å². The zero-order valence-corrected chi connectivity index (χ0v) is 10.6. The fourth-order valence-electron chi connectivity index (χ4n) is 1.71. The maximum absolute atomic E-state index is 12.9. The molecule has 0 fully saturated rings. The zero-order valence-electron chi connectivity index (χ0n) is 8.97. The number of benzene rings is 1. The Bertz CT molecular complexity index is 314. The molecular weight excluding hydrogens is 257 g/mol. The first kappa shape index (κ1) is 12.7. The van der Waals surface area contributed by atoms with Crippen LogP contribution in [0, 0.1) is 11.7 Å². The molecule has 0 aliphatic rings. The molecule has 0 saturated heterocycles. The van der Waals surface area contributed by atoms with Crippen molar-refractivity contribution in [3.8, 4) is 0 Å². The molecule has 0 bridgehead atoms. The van der Waals surface area contributed by atoms with Crippen LogP contribution >= 0.6 is 15.9 Å². The molecule has 0 saturated carbocycles. The second kappa shape index (κ2) is 6.23. The van der Waals surface area contributed by atoms with E-state index in [-0.39, 0.29) is 5.82 Å². The van der Waals surface area contributed by atoms with Gasteiger partial charge in [0.25, 0.3) is 0 Å². The Morgan fingerprint density at radius 3 is 2.73 bits per heavy atom. The lowest BCUT2D eigenvalue weighted by Gasteiger charge is -2.14. The summed E-state index contributed by atoms with van der Waals surface area (Å²) in [6.45, 7) is 2.85. The summed E-state index contributed by atoms with van der Waals surface area (Å²) in [5, 5.41) is 0. The Labute approximate surface area is 99.0 Å². The molecule has 0 aliphatic carbocycles. The van der Waals surface area contributed by atoms with Crippen molar-refractivity contribution >= 4 is 15.9 Å². The van der Waals surface area contributed by atoms with Crippen LogP contribution in [0.25, 0.3) is 0 Å². The van der Waals surface area contributed by atoms with Crippen molar-refractivity contribution in [2.45, 2.75) is 26.2 Å². The lowest BCUT2D eigenvalue weighted by molar-refractivity contribution is 0.486. The number of nitrogens with two attached hydrogens (primary N) is 1. The molecule has 15 heavy (non-hydrogen) atoms. The van der Waals surface area contributed by atoms with Crippen molar-refractivity contribution in [2.24, 2.45) is 11.7 Å². The van der Waals surface area contributed by atoms with Crippen LogP contribution in [0.2, 0.25) is 0 Å². The van der Waals surface area contributed by atoms with Gasteiger partial charge in [0.15, 0.2) is 0 Å². The van der Waals surface area contributed by atoms with E-state index in [4.69, 9.17) is 5.73 Å². The summed E-state index contributed by atoms with van der Waals surface area (Å²) in [7, 11) is 0. The molecule has 0 heterocycles. The molecule has 0 aliphatic heterocycles. The van der Waals surface area contributed by atoms with Gasteiger partial charge in [0, 0.05) is 4.47 Å². The molecule has 0 spiro atoms. The molecule has 2 N–H and O–H groups in total. The lowest BCUT2D eigenvalue weighted by Crippen LogP contribution is -2.16. The molecule has 0 radical (unpaired) electrons. The average molecular weight is 274 g/mol. The highest BCUT2D eigenvalue weighted by molar-refractivity contribution is 9.10. The van der Waals surface area contributed by atoms with Gasteiger partial charge in [0.05, 0.1) is 0 Å². The van der Waals surface area contributed by atoms with Crippen molar-refractivity contribution in [1.82, 2.24) is 0 Å². The monoisotopic (exact) mass is 273 g/mol. The van der Waals surface area contributed by atoms with Gasteiger partial charge in [-0.1, -0.05) is 35.3 Å². The summed E-state index contributed by atoms with van der Waals surface area (Å²) < 4.78 is 13.7. The number of halogens is 2. The average Bonchev–Trinajstić information content (AvgIpc) is 2.21. The predicted octanol–water partition coefficient (Wildman–Crippen LogP) is 3.51. The van der Waals surface area contributed by atoms with Crippen LogP contribution in [0.1, 0.15) is 25.3 Å². The summed E-state index contributed by atoms with van der Waals surface area (Å²) in [5.41, 5.74) is 6.84. The minimum atomic E-state index is -0.203. The van der Waals surface area contributed by atoms with Crippen LogP contribution in [0.3, 0.4) is 0 Å². The molecule has 84 valence electrons. The summed E-state index contributed by atoms with van der Waals surface area (Å²) in [6, 6.07) is 4.84. The van der Waals surface area contributed by atoms with Crippen molar-refractivity contribution in [2.75, 3.05) is 6.54 Å². The van der Waals surface area contributed by atoms with E-state index >= 15 is 0 Å². The van der Waals surface area contributed by atoms with Gasteiger partial charge in [-0.05, 0) is 43.0 Å². The van der Waals surface area contributed by atoms with E-state index in [2.05, 4.69) is 22.9 Å². The molecule has 0 aromatic heterocycles. The molecule has 1 nitrogen and oxygen atoms in total. The molecule has 1 unspecified atom stereocenters. The molecule has 3 heteroatoms. The van der Waals surface area contributed by atoms with E-state index in [0.29, 0.717) is 12.5 Å². The van der Waals surface area contributed by atoms with Crippen LogP contribution in [-0.2, 0) is 6.42 Å². The molecular formula is C12H17BrFN. The first-order valence-electron chi connectivity index (χ1n) is 5.31. The Morgan fingerprint density at radius 1 is 1.47 bits per heavy atom. The van der Waals surface area contributed by atoms with E-state index in [1.807, 2.05) is 6.07 Å². The first-order valence-corrected chi connectivity index (χ1v) is 6.10. The Morgan fingerprint density at radius 2 is 2.20 bits per heavy atom. The maximum Gasteiger partial charge on any atom is 0.124 e. The standard InChI is InChI=1S/C12H17BrFN/c1-2-3-9(8-15)6-10-4-5-11(14)7-12(10)13/h4-5,7,9H,2-3,6,8,15H2,1H3. The van der Waals surface area contributed by atoms with Gasteiger partial charge in [0.2, 0.25) is 0 Å². The van der Waals surface area contributed by atoms with E-state index in [1.165, 1.54) is 12.1 Å². The van der Waals surface area contributed by atoms with Crippen molar-refractivity contribution in [1.29, 1.82) is 0 Å². The van der Waals surface area contributed by atoms with Crippen LogP contribution < -0.4 is 5.73 Å². The number of rotatable bonds is 5. The smallest absolute Gasteiger partial charge is 0.124 e. The van der Waals surface area contributed by atoms with Gasteiger partial charge in [-0.25, -0.2) is 4.39 Å². The highest BCUT2D eigenvalue weighted by Crippen LogP contribution is 2.22. The summed E-state index contributed by atoms with van der Waals surface area (Å²) >= 11 is 3.38. The van der Waals surface area contributed by atoms with E-state index < -0.39 is 0 Å². The van der Waals surface area contributed by atoms with Crippen LogP contribution in [0.5, 0.6) is 0 Å². The second-order valence-electron chi connectivity index (χ2n) is 3.83. The van der Waals surface area contributed by atoms with Crippen molar-refractivity contribution in [3.63, 3.8) is 0 Å². The summed E-state index contributed by atoms with van der Waals surface area (Å²) in [5.74, 6) is 0.294. The third-order valence-corrected chi connectivity index (χ3v) is 3.29. The summed E-state index contributed by atoms with van der Waals surface area (Å²) in [6.07, 6.45) is 3.19. The topological polar surface area (TPSA) is 26.0 Å². The molecule has 0 amide bonds. The minimum absolute atomic E-state index is 0.203. The number of hydrogen-bond acceptors (Lipinski definition) is 1. The third kappa shape index (κ3) is 3.92. The molecule has 1 rings (SSSR count). The molecule has 1 atom stereocenters. The SMILES string of the molecule is CCCC(CN)Cc1ccc(F)cc1Br. The lowest BCUT2D eigenvalue weighted by atomic mass is 9.95. The fraction of sp³-hybridized carbons (Fsp3) is 0.500. The maximum atomic E-state index is 12.9. The Hall–Kier alpha value is -0.410. The molecule has 1 aromatic rings. The quantitative estimate of drug-likeness (QED) is 0.873. The summed E-state index contributed by atoms with van der Waals surface area (Å²) in [4.78, 5) is 0. The zero-order chi connectivity index (χ0) is 11.3. The second-order valence-corrected chi connectivity index (χ2v) is 4.68. The van der Waals surface area contributed by atoms with Crippen molar-refractivity contribution in [3.05, 3.63) is 34.1 Å². The van der Waals surface area contributed by atoms with Crippen molar-refractivity contribution < 1.29 is 4.39 Å². The minimum Gasteiger partial charge on any atom is -0.330 e. The van der Waals surface area contributed by atoms with Gasteiger partial charge in [-0.2, -0.15) is 0 Å². The highest BCUT2D eigenvalue weighted by atomic mass is 79.9. The van der Waals surface area contributed by atoms with Gasteiger partial charge in [0.1, 0.15) is 5.82 Å². The first-order chi connectivity index (χ1) is 7.17. The molecule has 1 aromatic carbocycles. The van der Waals surface area contributed by atoms with Gasteiger partial charge in [-0.15, -0.1) is 0 Å². The van der Waals surface area contributed by atoms with E-state index in [9.17, 15) is 4.39 Å². The third-order valence-electron chi connectivity index (χ3n) is 2.55. The Balaban J connectivity index is 2.70. The normalized spacial score (nSPS) is 12.8.